The Labute approximate surface area is 104 Å². The van der Waals surface area contributed by atoms with E-state index in [9.17, 15) is 4.79 Å². The molecule has 2 heterocycles. The number of amides is 1. The van der Waals surface area contributed by atoms with Gasteiger partial charge in [-0.3, -0.25) is 4.79 Å². The van der Waals surface area contributed by atoms with Crippen molar-refractivity contribution >= 4 is 22.4 Å². The van der Waals surface area contributed by atoms with Crippen molar-refractivity contribution in [3.63, 3.8) is 0 Å². The molecule has 17 heavy (non-hydrogen) atoms. The molecule has 0 aliphatic carbocycles. The average Bonchev–Trinajstić information content (AvgIpc) is 2.75. The summed E-state index contributed by atoms with van der Waals surface area (Å²) in [6.45, 7) is 3.05. The molecule has 0 spiro atoms. The fourth-order valence-corrected chi connectivity index (χ4v) is 2.59. The van der Waals surface area contributed by atoms with Crippen LogP contribution in [0.3, 0.4) is 0 Å². The molecular formula is C11H14N4OS. The second-order valence-electron chi connectivity index (χ2n) is 4.57. The van der Waals surface area contributed by atoms with Crippen LogP contribution in [-0.4, -0.2) is 28.9 Å². The molecule has 5 nitrogen and oxygen atoms in total. The SMILES string of the molecule is CC1(C#N)CCCN(C(=O)c2csc(N)n2)C1. The van der Waals surface area contributed by atoms with Crippen molar-refractivity contribution in [2.75, 3.05) is 18.8 Å². The molecule has 0 aromatic carbocycles. The van der Waals surface area contributed by atoms with Gasteiger partial charge in [-0.05, 0) is 19.8 Å². The van der Waals surface area contributed by atoms with Gasteiger partial charge in [-0.1, -0.05) is 0 Å². The van der Waals surface area contributed by atoms with Crippen LogP contribution in [0.1, 0.15) is 30.3 Å². The van der Waals surface area contributed by atoms with E-state index in [4.69, 9.17) is 11.0 Å². The molecule has 0 radical (unpaired) electrons. The van der Waals surface area contributed by atoms with Crippen LogP contribution in [0.2, 0.25) is 0 Å². The number of nitriles is 1. The molecule has 1 aromatic rings. The van der Waals surface area contributed by atoms with E-state index in [0.717, 1.165) is 12.8 Å². The summed E-state index contributed by atoms with van der Waals surface area (Å²) in [6, 6.07) is 2.29. The zero-order valence-corrected chi connectivity index (χ0v) is 10.5. The van der Waals surface area contributed by atoms with E-state index in [-0.39, 0.29) is 5.91 Å². The number of carbonyl (C=O) groups excluding carboxylic acids is 1. The maximum atomic E-state index is 12.1. The Morgan fingerprint density at radius 3 is 3.12 bits per heavy atom. The third-order valence-electron chi connectivity index (χ3n) is 2.99. The molecule has 6 heteroatoms. The number of hydrogen-bond acceptors (Lipinski definition) is 5. The van der Waals surface area contributed by atoms with Gasteiger partial charge in [0.15, 0.2) is 5.13 Å². The second kappa shape index (κ2) is 4.34. The molecule has 2 rings (SSSR count). The summed E-state index contributed by atoms with van der Waals surface area (Å²) in [4.78, 5) is 17.8. The number of hydrogen-bond donors (Lipinski definition) is 1. The van der Waals surface area contributed by atoms with E-state index >= 15 is 0 Å². The number of nitrogens with zero attached hydrogens (tertiary/aromatic N) is 3. The number of nitrogens with two attached hydrogens (primary N) is 1. The quantitative estimate of drug-likeness (QED) is 0.818. The van der Waals surface area contributed by atoms with E-state index in [2.05, 4.69) is 11.1 Å². The first kappa shape index (κ1) is 11.9. The van der Waals surface area contributed by atoms with Gasteiger partial charge in [0.25, 0.3) is 5.91 Å². The lowest BCUT2D eigenvalue weighted by Crippen LogP contribution is -2.44. The monoisotopic (exact) mass is 250 g/mol. The van der Waals surface area contributed by atoms with E-state index in [1.807, 2.05) is 6.92 Å². The molecule has 0 bridgehead atoms. The number of aromatic nitrogens is 1. The van der Waals surface area contributed by atoms with Crippen LogP contribution in [0, 0.1) is 16.7 Å². The minimum atomic E-state index is -0.435. The fourth-order valence-electron chi connectivity index (χ4n) is 2.05. The van der Waals surface area contributed by atoms with Gasteiger partial charge in [0.2, 0.25) is 0 Å². The van der Waals surface area contributed by atoms with Crippen LogP contribution in [0.4, 0.5) is 5.13 Å². The van der Waals surface area contributed by atoms with Gasteiger partial charge in [-0.2, -0.15) is 5.26 Å². The highest BCUT2D eigenvalue weighted by Crippen LogP contribution is 2.29. The van der Waals surface area contributed by atoms with E-state index in [1.54, 1.807) is 10.3 Å². The van der Waals surface area contributed by atoms with Crippen molar-refractivity contribution in [1.82, 2.24) is 9.88 Å². The van der Waals surface area contributed by atoms with Crippen LogP contribution < -0.4 is 5.73 Å². The summed E-state index contributed by atoms with van der Waals surface area (Å²) < 4.78 is 0. The van der Waals surface area contributed by atoms with Crippen LogP contribution in [-0.2, 0) is 0 Å². The van der Waals surface area contributed by atoms with E-state index in [1.165, 1.54) is 11.3 Å². The lowest BCUT2D eigenvalue weighted by atomic mass is 9.83. The van der Waals surface area contributed by atoms with Gasteiger partial charge in [-0.15, -0.1) is 11.3 Å². The summed E-state index contributed by atoms with van der Waals surface area (Å²) in [5.41, 5.74) is 5.46. The lowest BCUT2D eigenvalue weighted by molar-refractivity contribution is 0.0625. The minimum absolute atomic E-state index is 0.126. The molecule has 1 fully saturated rings. The number of thiazole rings is 1. The maximum Gasteiger partial charge on any atom is 0.273 e. The average molecular weight is 250 g/mol. The predicted molar refractivity (Wildman–Crippen MR) is 65.4 cm³/mol. The Hall–Kier alpha value is -1.61. The lowest BCUT2D eigenvalue weighted by Gasteiger charge is -2.35. The molecule has 1 saturated heterocycles. The predicted octanol–water partition coefficient (Wildman–Crippen LogP) is 1.49. The van der Waals surface area contributed by atoms with E-state index in [0.29, 0.717) is 23.9 Å². The van der Waals surface area contributed by atoms with E-state index < -0.39 is 5.41 Å². The van der Waals surface area contributed by atoms with Crippen molar-refractivity contribution in [3.05, 3.63) is 11.1 Å². The van der Waals surface area contributed by atoms with Gasteiger partial charge in [0.1, 0.15) is 5.69 Å². The van der Waals surface area contributed by atoms with Gasteiger partial charge >= 0.3 is 0 Å². The van der Waals surface area contributed by atoms with Crippen molar-refractivity contribution in [2.45, 2.75) is 19.8 Å². The summed E-state index contributed by atoms with van der Waals surface area (Å²) in [7, 11) is 0. The first-order valence-corrected chi connectivity index (χ1v) is 6.33. The number of piperidine rings is 1. The Morgan fingerprint density at radius 1 is 1.76 bits per heavy atom. The normalized spacial score (nSPS) is 24.4. The molecule has 1 atom stereocenters. The second-order valence-corrected chi connectivity index (χ2v) is 5.46. The first-order chi connectivity index (χ1) is 8.04. The molecule has 1 amide bonds. The summed E-state index contributed by atoms with van der Waals surface area (Å²) >= 11 is 1.26. The van der Waals surface area contributed by atoms with Gasteiger partial charge in [0.05, 0.1) is 11.5 Å². The molecule has 90 valence electrons. The third kappa shape index (κ3) is 2.39. The zero-order valence-electron chi connectivity index (χ0n) is 9.64. The van der Waals surface area contributed by atoms with Crippen LogP contribution >= 0.6 is 11.3 Å². The highest BCUT2D eigenvalue weighted by atomic mass is 32.1. The highest BCUT2D eigenvalue weighted by Gasteiger charge is 2.34. The first-order valence-electron chi connectivity index (χ1n) is 5.46. The molecule has 1 unspecified atom stereocenters. The summed E-state index contributed by atoms with van der Waals surface area (Å²) in [6.07, 6.45) is 1.70. The Bertz CT molecular complexity index is 478. The van der Waals surface area contributed by atoms with Crippen molar-refractivity contribution in [3.8, 4) is 6.07 Å². The number of likely N-dealkylation sites (tertiary alicyclic amines) is 1. The zero-order chi connectivity index (χ0) is 12.5. The number of nitrogen functional groups attached to an aromatic ring is 1. The molecule has 1 aliphatic rings. The number of carbonyl (C=O) groups is 1. The Kier molecular flexibility index (Phi) is 3.03. The van der Waals surface area contributed by atoms with Gasteiger partial charge in [-0.25, -0.2) is 4.98 Å². The fraction of sp³-hybridized carbons (Fsp3) is 0.545. The summed E-state index contributed by atoms with van der Waals surface area (Å²) in [5.74, 6) is -0.126. The minimum Gasteiger partial charge on any atom is -0.375 e. The topological polar surface area (TPSA) is 83.0 Å². The standard InChI is InChI=1S/C11H14N4OS/c1-11(6-12)3-2-4-15(7-11)9(16)8-5-17-10(13)14-8/h5H,2-4,7H2,1H3,(H2,13,14). The van der Waals surface area contributed by atoms with Crippen molar-refractivity contribution in [2.24, 2.45) is 5.41 Å². The van der Waals surface area contributed by atoms with Crippen molar-refractivity contribution < 1.29 is 4.79 Å². The highest BCUT2D eigenvalue weighted by molar-refractivity contribution is 7.13. The maximum absolute atomic E-state index is 12.1. The van der Waals surface area contributed by atoms with Crippen LogP contribution in [0.25, 0.3) is 0 Å². The van der Waals surface area contributed by atoms with Crippen LogP contribution in [0.15, 0.2) is 5.38 Å². The number of anilines is 1. The molecule has 1 aliphatic heterocycles. The third-order valence-corrected chi connectivity index (χ3v) is 3.67. The molecule has 0 saturated carbocycles. The molecule has 1 aromatic heterocycles. The largest absolute Gasteiger partial charge is 0.375 e. The van der Waals surface area contributed by atoms with Crippen molar-refractivity contribution in [1.29, 1.82) is 5.26 Å². The molecule has 2 N–H and O–H groups in total. The van der Waals surface area contributed by atoms with Gasteiger partial charge < -0.3 is 10.6 Å². The van der Waals surface area contributed by atoms with Gasteiger partial charge in [0, 0.05) is 18.5 Å². The smallest absolute Gasteiger partial charge is 0.273 e. The Balaban J connectivity index is 2.13. The Morgan fingerprint density at radius 2 is 2.53 bits per heavy atom. The molecular weight excluding hydrogens is 236 g/mol. The number of rotatable bonds is 1. The van der Waals surface area contributed by atoms with Crippen LogP contribution in [0.5, 0.6) is 0 Å². The summed E-state index contributed by atoms with van der Waals surface area (Å²) in [5, 5.41) is 11.2.